The van der Waals surface area contributed by atoms with E-state index in [0.29, 0.717) is 40.3 Å². The predicted molar refractivity (Wildman–Crippen MR) is 190 cm³/mol. The Labute approximate surface area is 271 Å². The minimum Gasteiger partial charge on any atom is -0.494 e. The molecule has 238 valence electrons. The maximum absolute atomic E-state index is 13.4. The van der Waals surface area contributed by atoms with Crippen LogP contribution in [0.5, 0.6) is 17.2 Å². The van der Waals surface area contributed by atoms with E-state index >= 15 is 0 Å². The average molecular weight is 636 g/mol. The number of nitrogens with one attached hydrogen (secondary N) is 2. The SMILES string of the molecule is COc1c(NC(=O)Nc2ccc(Oc3ccnc(Cc4cc(C)cc(C)c4)c3)c3ccccc23)cc(C(C)(C)C)cc1P(C)(C)=O. The van der Waals surface area contributed by atoms with Crippen LogP contribution in [0.15, 0.2) is 85.1 Å². The van der Waals surface area contributed by atoms with Crippen molar-refractivity contribution in [2.75, 3.05) is 31.1 Å². The third kappa shape index (κ3) is 7.60. The fraction of sp³-hybridized carbons (Fsp3) is 0.263. The normalized spacial score (nSPS) is 11.7. The first-order valence-electron chi connectivity index (χ1n) is 15.3. The standard InChI is InChI=1S/C38H42N3O4P/c1-24-17-25(2)19-26(18-24)20-28-23-29(15-16-39-28)45-34-14-13-32(30-11-9-10-12-31(30)34)40-37(42)41-33-21-27(38(3,4)5)22-35(36(33)44-6)46(7,8)43/h9-19,21-23H,20H2,1-8H3,(H2,40,41,42). The number of benzene rings is 4. The average Bonchev–Trinajstić information content (AvgIpc) is 2.97. The van der Waals surface area contributed by atoms with Crippen LogP contribution >= 0.6 is 7.14 Å². The molecule has 0 radical (unpaired) electrons. The summed E-state index contributed by atoms with van der Waals surface area (Å²) in [4.78, 5) is 18.0. The summed E-state index contributed by atoms with van der Waals surface area (Å²) in [7, 11) is -1.19. The highest BCUT2D eigenvalue weighted by molar-refractivity contribution is 7.70. The zero-order valence-corrected chi connectivity index (χ0v) is 28.7. The van der Waals surface area contributed by atoms with E-state index in [1.54, 1.807) is 19.5 Å². The van der Waals surface area contributed by atoms with Crippen LogP contribution in [0, 0.1) is 13.8 Å². The van der Waals surface area contributed by atoms with E-state index in [1.807, 2.05) is 60.7 Å². The van der Waals surface area contributed by atoms with E-state index in [4.69, 9.17) is 9.47 Å². The molecule has 4 aromatic carbocycles. The molecule has 0 bridgehead atoms. The molecule has 1 heterocycles. The molecule has 5 aromatic rings. The van der Waals surface area contributed by atoms with E-state index in [2.05, 4.69) is 68.4 Å². The lowest BCUT2D eigenvalue weighted by atomic mass is 9.86. The Bertz CT molecular complexity index is 1950. The smallest absolute Gasteiger partial charge is 0.323 e. The molecular weight excluding hydrogens is 593 g/mol. The van der Waals surface area contributed by atoms with Gasteiger partial charge in [0.25, 0.3) is 0 Å². The Morgan fingerprint density at radius 2 is 1.52 bits per heavy atom. The van der Waals surface area contributed by atoms with Crippen molar-refractivity contribution >= 4 is 40.6 Å². The van der Waals surface area contributed by atoms with Gasteiger partial charge in [0, 0.05) is 35.2 Å². The molecule has 0 aliphatic heterocycles. The van der Waals surface area contributed by atoms with Gasteiger partial charge in [-0.15, -0.1) is 0 Å². The summed E-state index contributed by atoms with van der Waals surface area (Å²) < 4.78 is 25.3. The largest absolute Gasteiger partial charge is 0.494 e. The lowest BCUT2D eigenvalue weighted by molar-refractivity contribution is 0.262. The van der Waals surface area contributed by atoms with Gasteiger partial charge in [-0.1, -0.05) is 74.4 Å². The number of urea groups is 1. The molecule has 5 rings (SSSR count). The lowest BCUT2D eigenvalue weighted by Gasteiger charge is -2.25. The zero-order chi connectivity index (χ0) is 33.2. The second-order valence-corrected chi connectivity index (χ2v) is 16.4. The van der Waals surface area contributed by atoms with E-state index in [1.165, 1.54) is 23.8 Å². The van der Waals surface area contributed by atoms with Gasteiger partial charge in [0.2, 0.25) is 0 Å². The Morgan fingerprint density at radius 3 is 2.17 bits per heavy atom. The van der Waals surface area contributed by atoms with Crippen molar-refractivity contribution in [3.63, 3.8) is 0 Å². The van der Waals surface area contributed by atoms with Crippen LogP contribution in [0.1, 0.15) is 48.7 Å². The predicted octanol–water partition coefficient (Wildman–Crippen LogP) is 9.43. The van der Waals surface area contributed by atoms with Crippen LogP contribution in [0.25, 0.3) is 10.8 Å². The topological polar surface area (TPSA) is 89.6 Å². The highest BCUT2D eigenvalue weighted by Crippen LogP contribution is 2.43. The summed E-state index contributed by atoms with van der Waals surface area (Å²) in [6.07, 6.45) is 2.47. The quantitative estimate of drug-likeness (QED) is 0.166. The van der Waals surface area contributed by atoms with Crippen LogP contribution in [-0.4, -0.2) is 31.5 Å². The number of carbonyl (C=O) groups is 1. The van der Waals surface area contributed by atoms with E-state index < -0.39 is 13.2 Å². The van der Waals surface area contributed by atoms with Crippen molar-refractivity contribution in [2.45, 2.75) is 46.5 Å². The summed E-state index contributed by atoms with van der Waals surface area (Å²) >= 11 is 0. The second-order valence-electron chi connectivity index (χ2n) is 13.2. The summed E-state index contributed by atoms with van der Waals surface area (Å²) in [5.41, 5.74) is 6.38. The maximum atomic E-state index is 13.4. The first kappa shape index (κ1) is 32.8. The Morgan fingerprint density at radius 1 is 0.848 bits per heavy atom. The van der Waals surface area contributed by atoms with Crippen LogP contribution in [-0.2, 0) is 16.4 Å². The van der Waals surface area contributed by atoms with Crippen molar-refractivity contribution in [3.05, 3.63) is 113 Å². The van der Waals surface area contributed by atoms with Gasteiger partial charge < -0.3 is 24.7 Å². The van der Waals surface area contributed by atoms with Gasteiger partial charge in [-0.05, 0) is 74.1 Å². The van der Waals surface area contributed by atoms with Crippen molar-refractivity contribution in [3.8, 4) is 17.2 Å². The lowest BCUT2D eigenvalue weighted by Crippen LogP contribution is -2.23. The number of methoxy groups -OCH3 is 1. The van der Waals surface area contributed by atoms with Crippen LogP contribution in [0.2, 0.25) is 0 Å². The number of hydrogen-bond donors (Lipinski definition) is 2. The monoisotopic (exact) mass is 635 g/mol. The van der Waals surface area contributed by atoms with Gasteiger partial charge in [-0.2, -0.15) is 0 Å². The molecule has 0 aliphatic rings. The first-order valence-corrected chi connectivity index (χ1v) is 17.9. The van der Waals surface area contributed by atoms with Crippen molar-refractivity contribution < 1.29 is 18.8 Å². The third-order valence-corrected chi connectivity index (χ3v) is 9.28. The number of anilines is 2. The molecule has 8 heteroatoms. The number of aryl methyl sites for hydroxylation is 2. The molecule has 0 aliphatic carbocycles. The molecule has 46 heavy (non-hydrogen) atoms. The molecular formula is C38H42N3O4P. The fourth-order valence-electron chi connectivity index (χ4n) is 5.62. The Hall–Kier alpha value is -4.61. The van der Waals surface area contributed by atoms with Crippen molar-refractivity contribution in [1.29, 1.82) is 0 Å². The van der Waals surface area contributed by atoms with Crippen molar-refractivity contribution in [1.82, 2.24) is 4.98 Å². The van der Waals surface area contributed by atoms with Gasteiger partial charge in [-0.3, -0.25) is 4.98 Å². The highest BCUT2D eigenvalue weighted by atomic mass is 31.2. The highest BCUT2D eigenvalue weighted by Gasteiger charge is 2.26. The molecule has 0 unspecified atom stereocenters. The fourth-order valence-corrected chi connectivity index (χ4v) is 6.77. The second kappa shape index (κ2) is 13.0. The number of aromatic nitrogens is 1. The number of nitrogens with zero attached hydrogens (tertiary/aromatic N) is 1. The molecule has 0 atom stereocenters. The van der Waals surface area contributed by atoms with Gasteiger partial charge in [-0.25, -0.2) is 4.79 Å². The number of pyridine rings is 1. The van der Waals surface area contributed by atoms with Crippen LogP contribution < -0.4 is 25.4 Å². The molecule has 1 aromatic heterocycles. The van der Waals surface area contributed by atoms with Crippen LogP contribution in [0.4, 0.5) is 16.2 Å². The van der Waals surface area contributed by atoms with Gasteiger partial charge in [0.15, 0.2) is 5.75 Å². The molecule has 0 saturated heterocycles. The Kier molecular flexibility index (Phi) is 9.27. The van der Waals surface area contributed by atoms with Crippen LogP contribution in [0.3, 0.4) is 0 Å². The minimum atomic E-state index is -2.71. The van der Waals surface area contributed by atoms with E-state index in [0.717, 1.165) is 22.0 Å². The molecule has 0 saturated carbocycles. The third-order valence-electron chi connectivity index (χ3n) is 7.78. The number of amides is 2. The van der Waals surface area contributed by atoms with E-state index in [9.17, 15) is 9.36 Å². The number of rotatable bonds is 8. The number of hydrogen-bond acceptors (Lipinski definition) is 5. The van der Waals surface area contributed by atoms with E-state index in [-0.39, 0.29) is 5.41 Å². The molecule has 2 N–H and O–H groups in total. The number of ether oxygens (including phenoxy) is 2. The minimum absolute atomic E-state index is 0.232. The summed E-state index contributed by atoms with van der Waals surface area (Å²) in [5.74, 6) is 1.75. The summed E-state index contributed by atoms with van der Waals surface area (Å²) in [6.45, 7) is 13.8. The molecule has 0 spiro atoms. The summed E-state index contributed by atoms with van der Waals surface area (Å²) in [5, 5.41) is 8.21. The Balaban J connectivity index is 1.40. The molecule has 0 fully saturated rings. The van der Waals surface area contributed by atoms with Gasteiger partial charge in [0.05, 0.1) is 23.8 Å². The molecule has 2 amide bonds. The molecule has 7 nitrogen and oxygen atoms in total. The zero-order valence-electron chi connectivity index (χ0n) is 27.8. The van der Waals surface area contributed by atoms with Gasteiger partial charge in [0.1, 0.15) is 18.6 Å². The maximum Gasteiger partial charge on any atom is 0.323 e. The first-order chi connectivity index (χ1) is 21.7. The van der Waals surface area contributed by atoms with Crippen molar-refractivity contribution in [2.24, 2.45) is 0 Å². The van der Waals surface area contributed by atoms with Gasteiger partial charge >= 0.3 is 6.03 Å². The number of fused-ring (bicyclic) bond motifs is 1. The number of carbonyl (C=O) groups excluding carboxylic acids is 1. The summed E-state index contributed by atoms with van der Waals surface area (Å²) in [6, 6.07) is 25.1.